The summed E-state index contributed by atoms with van der Waals surface area (Å²) >= 11 is 4.75. The summed E-state index contributed by atoms with van der Waals surface area (Å²) in [5, 5.41) is 5.89. The number of nitrogens with zero attached hydrogens (tertiary/aromatic N) is 2. The minimum atomic E-state index is -1.23. The number of nitrogens with one attached hydrogen (secondary N) is 2. The van der Waals surface area contributed by atoms with E-state index >= 15 is 0 Å². The van der Waals surface area contributed by atoms with Gasteiger partial charge in [-0.2, -0.15) is 0 Å². The van der Waals surface area contributed by atoms with Gasteiger partial charge in [0.25, 0.3) is 5.91 Å². The van der Waals surface area contributed by atoms with Crippen LogP contribution in [-0.4, -0.2) is 51.0 Å². The molecule has 266 valence electrons. The maximum atomic E-state index is 14.4. The quantitative estimate of drug-likeness (QED) is 0.149. The number of carbonyl (C=O) groups is 3. The number of hydrogen-bond acceptors (Lipinski definition) is 8. The fourth-order valence-electron chi connectivity index (χ4n) is 5.02. The number of hydrogen-bond donors (Lipinski definition) is 2. The largest absolute Gasteiger partial charge is 0.458 e. The van der Waals surface area contributed by atoms with Gasteiger partial charge in [0, 0.05) is 29.3 Å². The number of carbonyl (C=O) groups excluding carboxylic acids is 3. The molecule has 2 aromatic carbocycles. The monoisotopic (exact) mass is 762 g/mol. The molecule has 0 aliphatic carbocycles. The smallest absolute Gasteiger partial charge is 0.332 e. The van der Waals surface area contributed by atoms with Crippen LogP contribution in [-0.2, 0) is 30.9 Å². The summed E-state index contributed by atoms with van der Waals surface area (Å²) in [6.45, 7) is 17.2. The predicted molar refractivity (Wildman–Crippen MR) is 201 cm³/mol. The summed E-state index contributed by atoms with van der Waals surface area (Å²) in [4.78, 5) is 52.2. The van der Waals surface area contributed by atoms with E-state index in [0.29, 0.717) is 16.3 Å². The lowest BCUT2D eigenvalue weighted by Crippen LogP contribution is -2.55. The average Bonchev–Trinajstić information content (AvgIpc) is 3.54. The van der Waals surface area contributed by atoms with Gasteiger partial charge >= 0.3 is 5.97 Å². The minimum Gasteiger partial charge on any atom is -0.458 e. The summed E-state index contributed by atoms with van der Waals surface area (Å²) in [5.74, 6) is -1.04. The van der Waals surface area contributed by atoms with Crippen molar-refractivity contribution in [1.29, 1.82) is 0 Å². The van der Waals surface area contributed by atoms with Gasteiger partial charge in [-0.05, 0) is 86.1 Å². The van der Waals surface area contributed by atoms with E-state index in [4.69, 9.17) is 9.47 Å². The van der Waals surface area contributed by atoms with Crippen molar-refractivity contribution in [3.8, 4) is 11.4 Å². The van der Waals surface area contributed by atoms with Gasteiger partial charge in [-0.25, -0.2) is 14.8 Å². The third-order valence-electron chi connectivity index (χ3n) is 7.33. The van der Waals surface area contributed by atoms with Gasteiger partial charge in [-0.15, -0.1) is 11.3 Å². The Kier molecular flexibility index (Phi) is 12.4. The summed E-state index contributed by atoms with van der Waals surface area (Å²) in [5.41, 5.74) is 0.630. The zero-order valence-electron chi connectivity index (χ0n) is 30.2. The molecule has 4 rings (SSSR count). The van der Waals surface area contributed by atoms with Crippen LogP contribution in [0.25, 0.3) is 11.4 Å². The first-order valence-electron chi connectivity index (χ1n) is 16.5. The van der Waals surface area contributed by atoms with Gasteiger partial charge in [0.15, 0.2) is 11.9 Å². The van der Waals surface area contributed by atoms with Crippen molar-refractivity contribution in [2.75, 3.05) is 0 Å². The summed E-state index contributed by atoms with van der Waals surface area (Å²) in [6, 6.07) is 18.2. The second-order valence-electron chi connectivity index (χ2n) is 15.1. The fourth-order valence-corrected chi connectivity index (χ4v) is 6.19. The first-order chi connectivity index (χ1) is 23.3. The molecule has 0 fully saturated rings. The van der Waals surface area contributed by atoms with Crippen LogP contribution in [0.2, 0.25) is 0 Å². The van der Waals surface area contributed by atoms with Crippen LogP contribution in [0.3, 0.4) is 0 Å². The Morgan fingerprint density at radius 3 is 1.96 bits per heavy atom. The van der Waals surface area contributed by atoms with Crippen LogP contribution in [0.4, 0.5) is 0 Å². The van der Waals surface area contributed by atoms with Crippen LogP contribution < -0.4 is 10.6 Å². The van der Waals surface area contributed by atoms with E-state index in [1.807, 2.05) is 81.4 Å². The average molecular weight is 764 g/mol. The molecule has 3 unspecified atom stereocenters. The maximum Gasteiger partial charge on any atom is 0.332 e. The summed E-state index contributed by atoms with van der Waals surface area (Å²) in [6.07, 6.45) is 2.61. The van der Waals surface area contributed by atoms with Gasteiger partial charge in [-0.3, -0.25) is 9.59 Å². The highest BCUT2D eigenvalue weighted by Crippen LogP contribution is 2.31. The van der Waals surface area contributed by atoms with Gasteiger partial charge in [0.2, 0.25) is 5.91 Å². The van der Waals surface area contributed by atoms with E-state index in [-0.39, 0.29) is 17.7 Å². The summed E-state index contributed by atoms with van der Waals surface area (Å²) in [7, 11) is 0. The molecule has 4 aromatic rings. The van der Waals surface area contributed by atoms with Crippen LogP contribution in [0.5, 0.6) is 0 Å². The van der Waals surface area contributed by atoms with Crippen molar-refractivity contribution in [3.05, 3.63) is 104 Å². The Morgan fingerprint density at radius 1 is 0.800 bits per heavy atom. The fraction of sp³-hybridized carbons (Fsp3) is 0.410. The van der Waals surface area contributed by atoms with E-state index in [1.54, 1.807) is 39.2 Å². The first-order valence-corrected chi connectivity index (χ1v) is 18.1. The standard InChI is InChI=1S/C39H47BrN4O5S/c1-37(2,3)30-20-19-29(50-30)35(46)43-28(21-24-15-17-26(18-16-24)33-41-22-27(40)23-42-33)34(45)44-31(36(47)49-39(7,8)9)32(48-38(4,5)6)25-13-11-10-12-14-25/h10-20,22-23,28,31-32H,21H2,1-9H3,(H,43,46)(H,44,45). The molecule has 11 heteroatoms. The van der Waals surface area contributed by atoms with Crippen LogP contribution in [0.1, 0.15) is 94.1 Å². The van der Waals surface area contributed by atoms with Crippen LogP contribution in [0.15, 0.2) is 83.6 Å². The van der Waals surface area contributed by atoms with Crippen molar-refractivity contribution in [1.82, 2.24) is 20.6 Å². The van der Waals surface area contributed by atoms with Crippen LogP contribution in [0, 0.1) is 0 Å². The topological polar surface area (TPSA) is 120 Å². The van der Waals surface area contributed by atoms with E-state index in [9.17, 15) is 14.4 Å². The molecular weight excluding hydrogens is 716 g/mol. The lowest BCUT2D eigenvalue weighted by molar-refractivity contribution is -0.167. The third-order valence-corrected chi connectivity index (χ3v) is 9.25. The molecule has 2 N–H and O–H groups in total. The highest BCUT2D eigenvalue weighted by atomic mass is 79.9. The number of thiophene rings is 1. The Labute approximate surface area is 307 Å². The highest BCUT2D eigenvalue weighted by molar-refractivity contribution is 9.10. The number of benzene rings is 2. The Balaban J connectivity index is 1.70. The number of amides is 2. The molecule has 3 atom stereocenters. The number of esters is 1. The molecule has 0 radical (unpaired) electrons. The van der Waals surface area contributed by atoms with Gasteiger partial charge < -0.3 is 20.1 Å². The van der Waals surface area contributed by atoms with Gasteiger partial charge in [-0.1, -0.05) is 75.4 Å². The molecular formula is C39H47BrN4O5S. The van der Waals surface area contributed by atoms with Crippen molar-refractivity contribution in [2.24, 2.45) is 0 Å². The molecule has 9 nitrogen and oxygen atoms in total. The number of halogens is 1. The number of rotatable bonds is 11. The van der Waals surface area contributed by atoms with Gasteiger partial charge in [0.05, 0.1) is 15.0 Å². The van der Waals surface area contributed by atoms with Gasteiger partial charge in [0.1, 0.15) is 17.7 Å². The molecule has 2 aromatic heterocycles. The number of ether oxygens (including phenoxy) is 2. The zero-order valence-corrected chi connectivity index (χ0v) is 32.6. The van der Waals surface area contributed by atoms with E-state index in [2.05, 4.69) is 57.3 Å². The van der Waals surface area contributed by atoms with Crippen molar-refractivity contribution < 1.29 is 23.9 Å². The molecule has 0 aliphatic heterocycles. The first kappa shape index (κ1) is 38.9. The van der Waals surface area contributed by atoms with E-state index in [0.717, 1.165) is 20.5 Å². The molecule has 50 heavy (non-hydrogen) atoms. The predicted octanol–water partition coefficient (Wildman–Crippen LogP) is 7.99. The molecule has 0 bridgehead atoms. The normalized spacial score (nSPS) is 14.0. The Bertz CT molecular complexity index is 1760. The maximum absolute atomic E-state index is 14.4. The lowest BCUT2D eigenvalue weighted by Gasteiger charge is -2.35. The van der Waals surface area contributed by atoms with E-state index < -0.39 is 41.3 Å². The molecule has 0 saturated carbocycles. The molecule has 2 amide bonds. The minimum absolute atomic E-state index is 0.138. The highest BCUT2D eigenvalue weighted by Gasteiger charge is 2.39. The molecule has 0 saturated heterocycles. The van der Waals surface area contributed by atoms with E-state index in [1.165, 1.54) is 11.3 Å². The molecule has 0 aliphatic rings. The lowest BCUT2D eigenvalue weighted by atomic mass is 9.95. The zero-order chi connectivity index (χ0) is 36.9. The van der Waals surface area contributed by atoms with Crippen LogP contribution >= 0.6 is 27.3 Å². The Hall–Kier alpha value is -3.93. The van der Waals surface area contributed by atoms with Crippen molar-refractivity contribution in [3.63, 3.8) is 0 Å². The van der Waals surface area contributed by atoms with Crippen molar-refractivity contribution in [2.45, 2.75) is 104 Å². The molecule has 0 spiro atoms. The third kappa shape index (κ3) is 11.3. The number of aromatic nitrogens is 2. The second kappa shape index (κ2) is 16.0. The van der Waals surface area contributed by atoms with Crippen molar-refractivity contribution >= 4 is 45.1 Å². The summed E-state index contributed by atoms with van der Waals surface area (Å²) < 4.78 is 13.1. The molecule has 2 heterocycles. The Morgan fingerprint density at radius 2 is 1.42 bits per heavy atom. The SMILES string of the molecule is CC(C)(C)OC(=O)C(NC(=O)C(Cc1ccc(-c2ncc(Br)cn2)cc1)NC(=O)c1ccc(C(C)(C)C)s1)C(OC(C)(C)C)c1ccccc1. The second-order valence-corrected chi connectivity index (χ2v) is 17.1.